The van der Waals surface area contributed by atoms with Gasteiger partial charge in [0.05, 0.1) is 41.4 Å². The first kappa shape index (κ1) is 33.6. The first-order valence-corrected chi connectivity index (χ1v) is 16.8. The van der Waals surface area contributed by atoms with E-state index < -0.39 is 36.5 Å². The Morgan fingerprint density at radius 3 is 2.25 bits per heavy atom. The van der Waals surface area contributed by atoms with Crippen molar-refractivity contribution in [2.75, 3.05) is 11.1 Å². The van der Waals surface area contributed by atoms with Crippen molar-refractivity contribution in [3.05, 3.63) is 83.9 Å². The van der Waals surface area contributed by atoms with E-state index in [1.807, 2.05) is 30.3 Å². The number of nitrogens with one attached hydrogen (secondary N) is 3. The summed E-state index contributed by atoms with van der Waals surface area (Å²) in [4.78, 5) is 48.5. The van der Waals surface area contributed by atoms with Gasteiger partial charge in [-0.05, 0) is 67.1 Å². The monoisotopic (exact) mass is 652 g/mol. The molecule has 11 nitrogen and oxygen atoms in total. The van der Waals surface area contributed by atoms with Gasteiger partial charge in [0.15, 0.2) is 0 Å². The Morgan fingerprint density at radius 1 is 0.938 bits per heavy atom. The predicted octanol–water partition coefficient (Wildman–Crippen LogP) is 4.45. The Bertz CT molecular complexity index is 1650. The van der Waals surface area contributed by atoms with Crippen molar-refractivity contribution in [3.63, 3.8) is 0 Å². The lowest BCUT2D eigenvalue weighted by Gasteiger charge is -2.64. The number of anilines is 2. The molecule has 7 rings (SSSR count). The lowest BCUT2D eigenvalue weighted by molar-refractivity contribution is -0.199. The van der Waals surface area contributed by atoms with Gasteiger partial charge in [-0.25, -0.2) is 9.97 Å². The van der Waals surface area contributed by atoms with Crippen molar-refractivity contribution in [2.24, 2.45) is 23.2 Å². The summed E-state index contributed by atoms with van der Waals surface area (Å²) in [6.07, 6.45) is 5.41. The number of hydrogen-bond acceptors (Lipinski definition) is 8. The van der Waals surface area contributed by atoms with Crippen LogP contribution in [-0.4, -0.2) is 58.5 Å². The number of carbonyl (C=O) groups is 3. The van der Waals surface area contributed by atoms with Gasteiger partial charge >= 0.3 is 7.12 Å². The highest BCUT2D eigenvalue weighted by Crippen LogP contribution is 2.65. The molecule has 48 heavy (non-hydrogen) atoms. The van der Waals surface area contributed by atoms with Gasteiger partial charge in [-0.1, -0.05) is 70.2 Å². The van der Waals surface area contributed by atoms with Crippen LogP contribution in [0.3, 0.4) is 0 Å². The summed E-state index contributed by atoms with van der Waals surface area (Å²) in [5.41, 5.74) is 7.43. The van der Waals surface area contributed by atoms with E-state index in [0.717, 1.165) is 18.4 Å². The summed E-state index contributed by atoms with van der Waals surface area (Å²) >= 11 is 0. The Labute approximate surface area is 282 Å². The van der Waals surface area contributed by atoms with Crippen LogP contribution in [0.2, 0.25) is 0 Å². The molecule has 1 saturated heterocycles. The van der Waals surface area contributed by atoms with E-state index in [9.17, 15) is 14.4 Å². The van der Waals surface area contributed by atoms with Crippen LogP contribution in [0.4, 0.5) is 11.4 Å². The zero-order chi connectivity index (χ0) is 34.2. The number of nitrogens with zero attached hydrogens (tertiary/aromatic N) is 2. The Kier molecular flexibility index (Phi) is 9.32. The summed E-state index contributed by atoms with van der Waals surface area (Å²) in [5.74, 6) is -0.599. The minimum Gasteiger partial charge on any atom is -0.404 e. The average molecular weight is 653 g/mol. The molecule has 3 unspecified atom stereocenters. The van der Waals surface area contributed by atoms with Crippen LogP contribution in [0.15, 0.2) is 67.0 Å². The van der Waals surface area contributed by atoms with Gasteiger partial charge in [0.25, 0.3) is 11.8 Å². The topological polar surface area (TPSA) is 158 Å². The quantitative estimate of drug-likeness (QED) is 0.175. The third-order valence-electron chi connectivity index (χ3n) is 10.6. The van der Waals surface area contributed by atoms with E-state index in [1.165, 1.54) is 12.4 Å². The number of nitrogens with two attached hydrogens (primary N) is 1. The summed E-state index contributed by atoms with van der Waals surface area (Å²) in [6, 6.07) is 15.4. The molecule has 5 N–H and O–H groups in total. The summed E-state index contributed by atoms with van der Waals surface area (Å²) in [5, 5.41) is 8.74. The van der Waals surface area contributed by atoms with Crippen molar-refractivity contribution in [1.29, 1.82) is 0 Å². The molecule has 3 saturated carbocycles. The van der Waals surface area contributed by atoms with Gasteiger partial charge < -0.3 is 31.0 Å². The molecule has 0 radical (unpaired) electrons. The van der Waals surface area contributed by atoms with Crippen molar-refractivity contribution >= 4 is 36.2 Å². The number of amides is 3. The molecule has 0 spiro atoms. The van der Waals surface area contributed by atoms with Gasteiger partial charge in [-0.3, -0.25) is 14.4 Å². The second-order valence-electron chi connectivity index (χ2n) is 14.6. The fourth-order valence-corrected chi connectivity index (χ4v) is 7.75. The number of nitrogen functional groups attached to an aromatic ring is 1. The molecule has 2 aromatic carbocycles. The minimum atomic E-state index is -0.925. The lowest BCUT2D eigenvalue weighted by atomic mass is 9.43. The van der Waals surface area contributed by atoms with Crippen LogP contribution in [0.25, 0.3) is 0 Å². The maximum absolute atomic E-state index is 14.0. The maximum atomic E-state index is 14.0. The standard InChI is InChI=1S/C36H45BN6O5/c1-21(2)15-31(37-47-30-18-23-17-29(35(23,3)4)36(30,5)48-37)43-32(44)26(16-22-11-7-6-8-12-22)42-34(46)28-20-39-27(19-40-28)33(45)41-25-14-10-9-13-24(25)38/h6-14,19-21,23,26,29-31H,15-18,38H2,1-5H3,(H,41,45)(H,42,46)(H,43,44)/t23?,26-,29?,30?,31+,36+/m0/s1. The van der Waals surface area contributed by atoms with Crippen molar-refractivity contribution < 1.29 is 23.7 Å². The molecule has 2 bridgehead atoms. The van der Waals surface area contributed by atoms with E-state index >= 15 is 0 Å². The summed E-state index contributed by atoms with van der Waals surface area (Å²) in [7, 11) is -0.592. The number of benzene rings is 2. The number of carbonyl (C=O) groups excluding carboxylic acids is 3. The molecular formula is C36H45BN6O5. The van der Waals surface area contributed by atoms with Gasteiger partial charge in [0.2, 0.25) is 5.91 Å². The smallest absolute Gasteiger partial charge is 0.404 e. The van der Waals surface area contributed by atoms with Crippen LogP contribution < -0.4 is 21.7 Å². The van der Waals surface area contributed by atoms with Crippen LogP contribution in [0.1, 0.15) is 80.4 Å². The highest BCUT2D eigenvalue weighted by Gasteiger charge is 2.68. The van der Waals surface area contributed by atoms with Crippen LogP contribution in [-0.2, 0) is 20.5 Å². The van der Waals surface area contributed by atoms with Gasteiger partial charge in [0.1, 0.15) is 17.4 Å². The van der Waals surface area contributed by atoms with Crippen LogP contribution >= 0.6 is 0 Å². The SMILES string of the molecule is CC(C)C[C@@H](NC(=O)[C@H](Cc1ccccc1)NC(=O)c1cnc(C(=O)Nc2ccccc2N)cn1)B1OC2CC3CC(C3(C)C)[C@@]2(C)O1. The molecule has 3 aliphatic carbocycles. The average Bonchev–Trinajstić information content (AvgIpc) is 3.43. The largest absolute Gasteiger partial charge is 0.481 e. The number of para-hydroxylation sites is 2. The second-order valence-corrected chi connectivity index (χ2v) is 14.6. The molecule has 3 aromatic rings. The molecule has 6 atom stereocenters. The highest BCUT2D eigenvalue weighted by atomic mass is 16.7. The summed E-state index contributed by atoms with van der Waals surface area (Å²) < 4.78 is 13.3. The fourth-order valence-electron chi connectivity index (χ4n) is 7.75. The van der Waals surface area contributed by atoms with Crippen LogP contribution in [0, 0.1) is 23.2 Å². The first-order valence-electron chi connectivity index (χ1n) is 16.8. The van der Waals surface area contributed by atoms with Crippen molar-refractivity contribution in [2.45, 2.75) is 84.0 Å². The normalized spacial score (nSPS) is 25.0. The minimum absolute atomic E-state index is 0.0108. The highest BCUT2D eigenvalue weighted by molar-refractivity contribution is 6.48. The number of aromatic nitrogens is 2. The van der Waals surface area contributed by atoms with Crippen molar-refractivity contribution in [1.82, 2.24) is 20.6 Å². The number of rotatable bonds is 11. The Balaban J connectivity index is 1.16. The molecular weight excluding hydrogens is 607 g/mol. The predicted molar refractivity (Wildman–Crippen MR) is 184 cm³/mol. The third-order valence-corrected chi connectivity index (χ3v) is 10.6. The fraction of sp³-hybridized carbons (Fsp3) is 0.472. The van der Waals surface area contributed by atoms with Crippen LogP contribution in [0.5, 0.6) is 0 Å². The first-order chi connectivity index (χ1) is 22.8. The molecule has 3 amide bonds. The van der Waals surface area contributed by atoms with E-state index in [2.05, 4.69) is 60.5 Å². The van der Waals surface area contributed by atoms with E-state index in [-0.39, 0.29) is 41.2 Å². The molecule has 4 fully saturated rings. The zero-order valence-corrected chi connectivity index (χ0v) is 28.2. The van der Waals surface area contributed by atoms with Gasteiger partial charge in [0, 0.05) is 6.42 Å². The second kappa shape index (κ2) is 13.3. The molecule has 2 heterocycles. The van der Waals surface area contributed by atoms with Gasteiger partial charge in [-0.2, -0.15) is 0 Å². The molecule has 1 aliphatic heterocycles. The van der Waals surface area contributed by atoms with Crippen molar-refractivity contribution in [3.8, 4) is 0 Å². The number of hydrogen-bond donors (Lipinski definition) is 4. The van der Waals surface area contributed by atoms with E-state index in [4.69, 9.17) is 15.0 Å². The Morgan fingerprint density at radius 2 is 1.60 bits per heavy atom. The molecule has 4 aliphatic rings. The molecule has 252 valence electrons. The lowest BCUT2D eigenvalue weighted by Crippen LogP contribution is -2.65. The van der Waals surface area contributed by atoms with E-state index in [0.29, 0.717) is 29.6 Å². The third kappa shape index (κ3) is 6.68. The van der Waals surface area contributed by atoms with E-state index in [1.54, 1.807) is 24.3 Å². The zero-order valence-electron chi connectivity index (χ0n) is 28.2. The Hall–Kier alpha value is -4.29. The van der Waals surface area contributed by atoms with Gasteiger partial charge in [-0.15, -0.1) is 0 Å². The molecule has 1 aromatic heterocycles. The molecule has 12 heteroatoms. The maximum Gasteiger partial charge on any atom is 0.481 e. The summed E-state index contributed by atoms with van der Waals surface area (Å²) in [6.45, 7) is 11.0.